The number of benzene rings is 1. The average molecular weight is 412 g/mol. The number of rotatable bonds is 1. The van der Waals surface area contributed by atoms with E-state index in [1.807, 2.05) is 35.0 Å². The van der Waals surface area contributed by atoms with Crippen molar-refractivity contribution in [2.75, 3.05) is 0 Å². The van der Waals surface area contributed by atoms with Crippen molar-refractivity contribution in [2.24, 2.45) is 0 Å². The molecule has 0 spiro atoms. The quantitative estimate of drug-likeness (QED) is 0.530. The number of halogens is 2. The number of hydrogen-bond donors (Lipinski definition) is 0. The third-order valence-electron chi connectivity index (χ3n) is 3.34. The number of nitrogens with zero attached hydrogens (tertiary/aromatic N) is 3. The first-order chi connectivity index (χ1) is 9.86. The van der Waals surface area contributed by atoms with Crippen LogP contribution in [0.2, 0.25) is 5.02 Å². The maximum absolute atomic E-state index is 5.97. The molecule has 3 aromatic rings. The Morgan fingerprint density at radius 2 is 1.81 bits per heavy atom. The second kappa shape index (κ2) is 5.25. The molecule has 2 aromatic heterocycles. The summed E-state index contributed by atoms with van der Waals surface area (Å²) in [6, 6.07) is 9.88. The largest absolute Gasteiger partial charge is 0.227 e. The van der Waals surface area contributed by atoms with Gasteiger partial charge in [0.25, 0.3) is 0 Å². The van der Waals surface area contributed by atoms with Crippen LogP contribution in [0.4, 0.5) is 0 Å². The van der Waals surface area contributed by atoms with Crippen molar-refractivity contribution in [3.05, 3.63) is 50.8 Å². The summed E-state index contributed by atoms with van der Waals surface area (Å²) in [6.07, 6.45) is 1.85. The highest BCUT2D eigenvalue weighted by atomic mass is 127. The number of aromatic nitrogens is 3. The number of hydrogen-bond acceptors (Lipinski definition) is 2. The van der Waals surface area contributed by atoms with Gasteiger partial charge in [-0.3, -0.25) is 0 Å². The van der Waals surface area contributed by atoms with Gasteiger partial charge in [-0.1, -0.05) is 44.5 Å². The summed E-state index contributed by atoms with van der Waals surface area (Å²) < 4.78 is 2.98. The Hall–Kier alpha value is -1.14. The van der Waals surface area contributed by atoms with E-state index in [0.717, 1.165) is 31.2 Å². The van der Waals surface area contributed by atoms with E-state index in [1.54, 1.807) is 0 Å². The molecule has 0 saturated carbocycles. The molecule has 0 radical (unpaired) electrons. The maximum Gasteiger partial charge on any atom is 0.169 e. The van der Waals surface area contributed by atoms with Gasteiger partial charge in [0.15, 0.2) is 5.65 Å². The van der Waals surface area contributed by atoms with Crippen molar-refractivity contribution in [1.29, 1.82) is 0 Å². The van der Waals surface area contributed by atoms with Crippen LogP contribution in [0.1, 0.15) is 26.5 Å². The van der Waals surface area contributed by atoms with Crippen molar-refractivity contribution >= 4 is 39.8 Å². The van der Waals surface area contributed by atoms with Crippen LogP contribution in [0.3, 0.4) is 0 Å². The lowest BCUT2D eigenvalue weighted by Gasteiger charge is -2.21. The fraction of sp³-hybridized carbons (Fsp3) is 0.250. The SMILES string of the molecule is CC(C)(C)c1cc(-c2ccc(Cl)cc2)nc2c(I)cnn12. The van der Waals surface area contributed by atoms with Gasteiger partial charge >= 0.3 is 0 Å². The van der Waals surface area contributed by atoms with Crippen LogP contribution < -0.4 is 0 Å². The van der Waals surface area contributed by atoms with E-state index in [4.69, 9.17) is 16.6 Å². The standard InChI is InChI=1S/C16H15ClIN3/c1-16(2,3)14-8-13(10-4-6-11(17)7-5-10)20-15-12(18)9-19-21(14)15/h4-9H,1-3H3. The molecule has 0 bridgehead atoms. The van der Waals surface area contributed by atoms with Gasteiger partial charge in [-0.25, -0.2) is 9.50 Å². The molecule has 2 heterocycles. The molecule has 0 N–H and O–H groups in total. The van der Waals surface area contributed by atoms with Crippen LogP contribution in [-0.4, -0.2) is 14.6 Å². The molecular formula is C16H15ClIN3. The predicted octanol–water partition coefficient (Wildman–Crippen LogP) is 4.95. The molecule has 0 aliphatic heterocycles. The van der Waals surface area contributed by atoms with Gasteiger partial charge in [0, 0.05) is 16.0 Å². The van der Waals surface area contributed by atoms with Gasteiger partial charge in [-0.05, 0) is 40.8 Å². The third kappa shape index (κ3) is 2.79. The van der Waals surface area contributed by atoms with Crippen LogP contribution in [0.15, 0.2) is 36.5 Å². The predicted molar refractivity (Wildman–Crippen MR) is 94.9 cm³/mol. The first kappa shape index (κ1) is 14.8. The highest BCUT2D eigenvalue weighted by molar-refractivity contribution is 14.1. The van der Waals surface area contributed by atoms with E-state index in [9.17, 15) is 0 Å². The summed E-state index contributed by atoms with van der Waals surface area (Å²) in [7, 11) is 0. The minimum Gasteiger partial charge on any atom is -0.227 e. The molecule has 108 valence electrons. The molecule has 0 atom stereocenters. The topological polar surface area (TPSA) is 30.2 Å². The summed E-state index contributed by atoms with van der Waals surface area (Å²) in [6.45, 7) is 6.55. The summed E-state index contributed by atoms with van der Waals surface area (Å²) in [5.74, 6) is 0. The molecule has 0 aliphatic carbocycles. The van der Waals surface area contributed by atoms with E-state index < -0.39 is 0 Å². The molecular weight excluding hydrogens is 397 g/mol. The summed E-state index contributed by atoms with van der Waals surface area (Å²) in [4.78, 5) is 4.76. The van der Waals surface area contributed by atoms with Crippen LogP contribution in [0, 0.1) is 3.57 Å². The van der Waals surface area contributed by atoms with Crippen molar-refractivity contribution in [1.82, 2.24) is 14.6 Å². The molecule has 0 unspecified atom stereocenters. The van der Waals surface area contributed by atoms with Gasteiger partial charge in [0.2, 0.25) is 0 Å². The van der Waals surface area contributed by atoms with E-state index in [1.165, 1.54) is 0 Å². The van der Waals surface area contributed by atoms with Crippen molar-refractivity contribution < 1.29 is 0 Å². The third-order valence-corrected chi connectivity index (χ3v) is 4.35. The molecule has 1 aromatic carbocycles. The fourth-order valence-electron chi connectivity index (χ4n) is 2.24. The van der Waals surface area contributed by atoms with E-state index in [0.29, 0.717) is 0 Å². The van der Waals surface area contributed by atoms with Gasteiger partial charge < -0.3 is 0 Å². The lowest BCUT2D eigenvalue weighted by atomic mass is 9.91. The Labute approximate surface area is 142 Å². The van der Waals surface area contributed by atoms with Crippen LogP contribution in [0.5, 0.6) is 0 Å². The fourth-order valence-corrected chi connectivity index (χ4v) is 2.84. The zero-order valence-electron chi connectivity index (χ0n) is 12.1. The monoisotopic (exact) mass is 411 g/mol. The van der Waals surface area contributed by atoms with Crippen molar-refractivity contribution in [2.45, 2.75) is 26.2 Å². The van der Waals surface area contributed by atoms with Crippen LogP contribution >= 0.6 is 34.2 Å². The van der Waals surface area contributed by atoms with Crippen LogP contribution in [-0.2, 0) is 5.41 Å². The Balaban J connectivity index is 2.29. The lowest BCUT2D eigenvalue weighted by molar-refractivity contribution is 0.547. The van der Waals surface area contributed by atoms with Crippen molar-refractivity contribution in [3.63, 3.8) is 0 Å². The van der Waals surface area contributed by atoms with Gasteiger partial charge in [0.1, 0.15) is 0 Å². The van der Waals surface area contributed by atoms with E-state index >= 15 is 0 Å². The van der Waals surface area contributed by atoms with Gasteiger partial charge in [-0.2, -0.15) is 5.10 Å². The first-order valence-electron chi connectivity index (χ1n) is 6.67. The first-order valence-corrected chi connectivity index (χ1v) is 8.12. The Morgan fingerprint density at radius 3 is 2.43 bits per heavy atom. The van der Waals surface area contributed by atoms with Gasteiger partial charge in [-0.15, -0.1) is 0 Å². The minimum atomic E-state index is -0.0164. The number of fused-ring (bicyclic) bond motifs is 1. The molecule has 0 aliphatic rings. The maximum atomic E-state index is 5.97. The molecule has 0 fully saturated rings. The molecule has 5 heteroatoms. The smallest absolute Gasteiger partial charge is 0.169 e. The van der Waals surface area contributed by atoms with Crippen LogP contribution in [0.25, 0.3) is 16.9 Å². The minimum absolute atomic E-state index is 0.0164. The normalized spacial score (nSPS) is 12.0. The summed E-state index contributed by atoms with van der Waals surface area (Å²) in [5, 5.41) is 5.19. The molecule has 3 nitrogen and oxygen atoms in total. The highest BCUT2D eigenvalue weighted by Crippen LogP contribution is 2.29. The molecule has 21 heavy (non-hydrogen) atoms. The lowest BCUT2D eigenvalue weighted by Crippen LogP contribution is -2.18. The summed E-state index contributed by atoms with van der Waals surface area (Å²) in [5.41, 5.74) is 4.03. The highest BCUT2D eigenvalue weighted by Gasteiger charge is 2.21. The second-order valence-electron chi connectivity index (χ2n) is 6.01. The average Bonchev–Trinajstić information content (AvgIpc) is 2.79. The second-order valence-corrected chi connectivity index (χ2v) is 7.61. The molecule has 0 saturated heterocycles. The zero-order valence-corrected chi connectivity index (χ0v) is 15.0. The Kier molecular flexibility index (Phi) is 3.69. The summed E-state index contributed by atoms with van der Waals surface area (Å²) >= 11 is 8.24. The molecule has 3 rings (SSSR count). The van der Waals surface area contributed by atoms with E-state index in [2.05, 4.69) is 54.5 Å². The Morgan fingerprint density at radius 1 is 1.14 bits per heavy atom. The van der Waals surface area contributed by atoms with Gasteiger partial charge in [0.05, 0.1) is 21.2 Å². The zero-order chi connectivity index (χ0) is 15.2. The molecule has 0 amide bonds. The van der Waals surface area contributed by atoms with Crippen molar-refractivity contribution in [3.8, 4) is 11.3 Å². The van der Waals surface area contributed by atoms with E-state index in [-0.39, 0.29) is 5.41 Å². The Bertz CT molecular complexity index is 801.